The fraction of sp³-hybridized carbons (Fsp3) is 1.00. The smallest absolute Gasteiger partial charge is 0.174 e. The molecule has 0 amide bonds. The summed E-state index contributed by atoms with van der Waals surface area (Å²) < 4.78 is 3.89. The summed E-state index contributed by atoms with van der Waals surface area (Å²) in [6.45, 7) is 1.93. The van der Waals surface area contributed by atoms with Crippen LogP contribution >= 0.6 is 0 Å². The van der Waals surface area contributed by atoms with E-state index >= 15 is 0 Å². The molecular weight excluding hydrogens is 98.1 g/mol. The summed E-state index contributed by atoms with van der Waals surface area (Å²) in [4.78, 5) is 0. The van der Waals surface area contributed by atoms with Gasteiger partial charge in [0.15, 0.2) is 10.5 Å². The molecule has 0 aliphatic carbocycles. The maximum absolute atomic E-state index is 7.57. The normalized spacial score (nSPS) is 6.50. The van der Waals surface area contributed by atoms with Gasteiger partial charge < -0.3 is 9.63 Å². The van der Waals surface area contributed by atoms with E-state index in [0.29, 0.717) is 10.5 Å². The fourth-order valence-electron chi connectivity index (χ4n) is 0. The predicted octanol–water partition coefficient (Wildman–Crippen LogP) is -1.84. The maximum Gasteiger partial charge on any atom is 0.174 e. The number of rotatable bonds is 0. The van der Waals surface area contributed by atoms with Crippen molar-refractivity contribution in [3.63, 3.8) is 0 Å². The second-order valence-electron chi connectivity index (χ2n) is 0.552. The van der Waals surface area contributed by atoms with Gasteiger partial charge in [-0.2, -0.15) is 0 Å². The Morgan fingerprint density at radius 2 is 2.00 bits per heavy atom. The molecule has 0 aromatic rings. The Balaban J connectivity index is 0. The van der Waals surface area contributed by atoms with Crippen molar-refractivity contribution < 1.29 is 9.63 Å². The molecule has 0 atom stereocenters. The van der Waals surface area contributed by atoms with Crippen molar-refractivity contribution >= 4 is 10.5 Å². The Morgan fingerprint density at radius 3 is 2.00 bits per heavy atom. The minimum atomic E-state index is 0.250. The summed E-state index contributed by atoms with van der Waals surface area (Å²) in [5, 5.41) is 7.57. The zero-order chi connectivity index (χ0) is 5.41. The van der Waals surface area contributed by atoms with Gasteiger partial charge in [0.2, 0.25) is 0 Å². The molecule has 0 radical (unpaired) electrons. The van der Waals surface area contributed by atoms with Crippen molar-refractivity contribution in [2.75, 3.05) is 6.61 Å². The zero-order valence-electron chi connectivity index (χ0n) is 4.14. The summed E-state index contributed by atoms with van der Waals surface area (Å²) in [6.07, 6.45) is 0. The third-order valence-electron chi connectivity index (χ3n) is 0. The highest BCUT2D eigenvalue weighted by atomic mass is 28.2. The van der Waals surface area contributed by atoms with Gasteiger partial charge in [-0.25, -0.2) is 5.90 Å². The number of hydrogen-bond acceptors (Lipinski definition) is 3. The quantitative estimate of drug-likeness (QED) is 0.284. The molecule has 0 aliphatic heterocycles. The van der Waals surface area contributed by atoms with Crippen LogP contribution in [0, 0.1) is 0 Å². The van der Waals surface area contributed by atoms with Crippen molar-refractivity contribution in [2.45, 2.75) is 6.92 Å². The molecule has 0 rings (SSSR count). The molecule has 4 heteroatoms. The first-order valence-corrected chi connectivity index (χ1v) is 2.48. The van der Waals surface area contributed by atoms with E-state index in [0.717, 1.165) is 0 Å². The van der Waals surface area contributed by atoms with Gasteiger partial charge in [-0.3, -0.25) is 0 Å². The second kappa shape index (κ2) is 19.5. The summed E-state index contributed by atoms with van der Waals surface area (Å²) >= 11 is 0. The molecule has 0 saturated carbocycles. The van der Waals surface area contributed by atoms with E-state index in [2.05, 4.69) is 10.4 Å². The van der Waals surface area contributed by atoms with Crippen LogP contribution in [0.25, 0.3) is 0 Å². The van der Waals surface area contributed by atoms with Gasteiger partial charge in [0.25, 0.3) is 0 Å². The standard InChI is InChI=1S/C2H6O.H5NOSi/c2*1-2-3/h3H,2H2,1H3;1H2,3H3. The highest BCUT2D eigenvalue weighted by Crippen LogP contribution is 1.30. The van der Waals surface area contributed by atoms with E-state index in [-0.39, 0.29) is 6.61 Å². The van der Waals surface area contributed by atoms with Gasteiger partial charge in [0, 0.05) is 6.61 Å². The monoisotopic (exact) mass is 109 g/mol. The van der Waals surface area contributed by atoms with Gasteiger partial charge in [0.1, 0.15) is 0 Å². The van der Waals surface area contributed by atoms with Gasteiger partial charge in [-0.15, -0.1) is 0 Å². The average molecular weight is 109 g/mol. The molecule has 3 N–H and O–H groups in total. The molecule has 0 aromatic heterocycles. The predicted molar refractivity (Wildman–Crippen MR) is 28.0 cm³/mol. The lowest BCUT2D eigenvalue weighted by Gasteiger charge is -1.63. The highest BCUT2D eigenvalue weighted by molar-refractivity contribution is 5.97. The molecule has 0 saturated heterocycles. The van der Waals surface area contributed by atoms with E-state index in [1.54, 1.807) is 6.92 Å². The van der Waals surface area contributed by atoms with E-state index < -0.39 is 0 Å². The van der Waals surface area contributed by atoms with Crippen molar-refractivity contribution in [3.05, 3.63) is 0 Å². The molecule has 6 heavy (non-hydrogen) atoms. The molecule has 0 heterocycles. The third kappa shape index (κ3) is 4190. The van der Waals surface area contributed by atoms with Crippen molar-refractivity contribution in [2.24, 2.45) is 5.90 Å². The molecule has 0 spiro atoms. The molecule has 0 bridgehead atoms. The van der Waals surface area contributed by atoms with Crippen LogP contribution in [0.3, 0.4) is 0 Å². The highest BCUT2D eigenvalue weighted by Gasteiger charge is 1.34. The Labute approximate surface area is 40.6 Å². The van der Waals surface area contributed by atoms with Crippen LogP contribution in [0.5, 0.6) is 0 Å². The lowest BCUT2D eigenvalue weighted by molar-refractivity contribution is 0.318. The maximum atomic E-state index is 7.57. The van der Waals surface area contributed by atoms with Crippen molar-refractivity contribution in [1.82, 2.24) is 0 Å². The Kier molecular flexibility index (Phi) is 30.6. The van der Waals surface area contributed by atoms with E-state index in [4.69, 9.17) is 5.11 Å². The van der Waals surface area contributed by atoms with Gasteiger partial charge in [-0.1, -0.05) is 0 Å². The molecule has 3 nitrogen and oxygen atoms in total. The first-order chi connectivity index (χ1) is 2.83. The SMILES string of the molecule is CCO.NO[SiH3]. The van der Waals surface area contributed by atoms with Crippen LogP contribution in [0.2, 0.25) is 0 Å². The lowest BCUT2D eigenvalue weighted by Crippen LogP contribution is -1.89. The zero-order valence-corrected chi connectivity index (χ0v) is 6.14. The molecule has 0 aromatic carbocycles. The topological polar surface area (TPSA) is 55.5 Å². The van der Waals surface area contributed by atoms with Crippen molar-refractivity contribution in [1.29, 1.82) is 0 Å². The van der Waals surface area contributed by atoms with Crippen LogP contribution in [-0.4, -0.2) is 22.2 Å². The van der Waals surface area contributed by atoms with Crippen molar-refractivity contribution in [3.8, 4) is 0 Å². The molecule has 0 aliphatic rings. The minimum absolute atomic E-state index is 0.250. The Bertz CT molecular complexity index is 13.5. The summed E-state index contributed by atoms with van der Waals surface area (Å²) in [6, 6.07) is 0. The Hall–Kier alpha value is 0.0969. The molecule has 0 fully saturated rings. The van der Waals surface area contributed by atoms with Gasteiger partial charge in [-0.05, 0) is 6.92 Å². The van der Waals surface area contributed by atoms with E-state index in [1.165, 1.54) is 0 Å². The van der Waals surface area contributed by atoms with Crippen LogP contribution in [0.4, 0.5) is 0 Å². The first kappa shape index (κ1) is 9.44. The second-order valence-corrected chi connectivity index (χ2v) is 1.02. The third-order valence-corrected chi connectivity index (χ3v) is 0. The van der Waals surface area contributed by atoms with E-state index in [1.807, 2.05) is 0 Å². The lowest BCUT2D eigenvalue weighted by atomic mass is 10.9. The summed E-state index contributed by atoms with van der Waals surface area (Å²) in [5.41, 5.74) is 0. The summed E-state index contributed by atoms with van der Waals surface area (Å²) in [7, 11) is 0.647. The molecular formula is C2H11NO2Si. The average Bonchev–Trinajstić information content (AvgIpc) is 1.39. The van der Waals surface area contributed by atoms with Crippen LogP contribution in [0.15, 0.2) is 0 Å². The number of aliphatic hydroxyl groups excluding tert-OH is 1. The summed E-state index contributed by atoms with van der Waals surface area (Å²) in [5.74, 6) is 4.41. The molecule has 40 valence electrons. The number of hydrogen-bond donors (Lipinski definition) is 2. The largest absolute Gasteiger partial charge is 0.397 e. The van der Waals surface area contributed by atoms with Crippen LogP contribution < -0.4 is 5.90 Å². The molecule has 0 unspecified atom stereocenters. The number of nitrogens with two attached hydrogens (primary N) is 1. The van der Waals surface area contributed by atoms with Crippen LogP contribution in [-0.2, 0) is 4.53 Å². The van der Waals surface area contributed by atoms with Gasteiger partial charge in [0.05, 0.1) is 0 Å². The number of aliphatic hydroxyl groups is 1. The van der Waals surface area contributed by atoms with Gasteiger partial charge >= 0.3 is 0 Å². The fourth-order valence-corrected chi connectivity index (χ4v) is 0. The van der Waals surface area contributed by atoms with E-state index in [9.17, 15) is 0 Å². The minimum Gasteiger partial charge on any atom is -0.397 e. The first-order valence-electron chi connectivity index (χ1n) is 1.67. The van der Waals surface area contributed by atoms with Crippen LogP contribution in [0.1, 0.15) is 6.92 Å². The Morgan fingerprint density at radius 1 is 2.00 bits per heavy atom.